The number of ether oxygens (including phenoxy) is 4. The molecule has 1 atom stereocenters. The predicted molar refractivity (Wildman–Crippen MR) is 109 cm³/mol. The van der Waals surface area contributed by atoms with Gasteiger partial charge >= 0.3 is 6.09 Å². The Hall–Kier alpha value is -2.60. The fourth-order valence-electron chi connectivity index (χ4n) is 3.15. The normalized spacial score (nSPS) is 17.6. The van der Waals surface area contributed by atoms with Crippen LogP contribution < -0.4 is 19.5 Å². The second-order valence-corrected chi connectivity index (χ2v) is 7.16. The van der Waals surface area contributed by atoms with Crippen molar-refractivity contribution in [2.45, 2.75) is 26.5 Å². The third-order valence-electron chi connectivity index (χ3n) is 4.68. The lowest BCUT2D eigenvalue weighted by Crippen LogP contribution is -2.47. The number of cyclic esters (lactones) is 1. The first-order chi connectivity index (χ1) is 12.9. The molecule has 0 spiro atoms. The highest BCUT2D eigenvalue weighted by Gasteiger charge is 2.40. The number of halogens is 1. The molecule has 0 aliphatic carbocycles. The number of alkyl carbamates (subject to hydrolysis) is 1. The summed E-state index contributed by atoms with van der Waals surface area (Å²) in [7, 11) is 3.17. The zero-order valence-electron chi connectivity index (χ0n) is 16.5. The first-order valence-corrected chi connectivity index (χ1v) is 8.80. The number of hydrogen-bond acceptors (Lipinski definition) is 5. The van der Waals surface area contributed by atoms with E-state index in [1.54, 1.807) is 20.3 Å². The van der Waals surface area contributed by atoms with E-state index in [1.807, 2.05) is 50.2 Å². The highest BCUT2D eigenvalue weighted by molar-refractivity contribution is 5.85. The second kappa shape index (κ2) is 9.06. The highest BCUT2D eigenvalue weighted by Crippen LogP contribution is 2.44. The smallest absolute Gasteiger partial charge is 0.407 e. The van der Waals surface area contributed by atoms with Gasteiger partial charge in [0.15, 0.2) is 11.5 Å². The highest BCUT2D eigenvalue weighted by atomic mass is 35.5. The summed E-state index contributed by atoms with van der Waals surface area (Å²) >= 11 is 0. The molecule has 0 radical (unpaired) electrons. The molecule has 0 bridgehead atoms. The van der Waals surface area contributed by atoms with Gasteiger partial charge in [-0.05, 0) is 11.6 Å². The van der Waals surface area contributed by atoms with Crippen molar-refractivity contribution in [3.05, 3.63) is 53.6 Å². The third-order valence-corrected chi connectivity index (χ3v) is 4.68. The summed E-state index contributed by atoms with van der Waals surface area (Å²) in [5.41, 5.74) is 1.55. The first kappa shape index (κ1) is 21.7. The Morgan fingerprint density at radius 3 is 2.36 bits per heavy atom. The molecule has 3 rings (SSSR count). The SMILES string of the molecule is COc1cc(OCc2ccccc2)c([C@@H]2NC(=O)OCC2(C)C)cc1OC.Cl. The Kier molecular flexibility index (Phi) is 7.02. The molecule has 1 N–H and O–H groups in total. The van der Waals surface area contributed by atoms with Gasteiger partial charge in [-0.3, -0.25) is 0 Å². The van der Waals surface area contributed by atoms with Gasteiger partial charge < -0.3 is 24.3 Å². The Bertz CT molecular complexity index is 810. The standard InChI is InChI=1S/C21H25NO5.ClH/c1-21(2)13-27-20(23)22-19(21)15-10-17(24-3)18(25-4)11-16(15)26-12-14-8-6-5-7-9-14;/h5-11,19H,12-13H2,1-4H3,(H,22,23);1H/t19-;/m0./s1. The lowest BCUT2D eigenvalue weighted by Gasteiger charge is -2.39. The fraction of sp³-hybridized carbons (Fsp3) is 0.381. The van der Waals surface area contributed by atoms with Gasteiger partial charge in [-0.2, -0.15) is 0 Å². The summed E-state index contributed by atoms with van der Waals surface area (Å²) in [5.74, 6) is 1.79. The number of carbonyl (C=O) groups excluding carboxylic acids is 1. The molecule has 2 aromatic carbocycles. The van der Waals surface area contributed by atoms with Crippen LogP contribution in [-0.4, -0.2) is 26.9 Å². The quantitative estimate of drug-likeness (QED) is 0.763. The summed E-state index contributed by atoms with van der Waals surface area (Å²) < 4.78 is 22.2. The molecule has 2 aromatic rings. The summed E-state index contributed by atoms with van der Waals surface area (Å²) in [6, 6.07) is 13.3. The van der Waals surface area contributed by atoms with E-state index in [2.05, 4.69) is 5.32 Å². The molecule has 1 fully saturated rings. The molecular weight excluding hydrogens is 382 g/mol. The Morgan fingerprint density at radius 1 is 1.07 bits per heavy atom. The van der Waals surface area contributed by atoms with E-state index < -0.39 is 6.09 Å². The number of rotatable bonds is 6. The van der Waals surface area contributed by atoms with Crippen molar-refractivity contribution < 1.29 is 23.7 Å². The topological polar surface area (TPSA) is 66.0 Å². The molecule has 1 aliphatic rings. The van der Waals surface area contributed by atoms with E-state index in [4.69, 9.17) is 18.9 Å². The molecular formula is C21H26ClNO5. The average Bonchev–Trinajstić information content (AvgIpc) is 2.68. The van der Waals surface area contributed by atoms with E-state index in [1.165, 1.54) is 0 Å². The number of hydrogen-bond donors (Lipinski definition) is 1. The minimum absolute atomic E-state index is 0. The molecule has 28 heavy (non-hydrogen) atoms. The van der Waals surface area contributed by atoms with Crippen molar-refractivity contribution >= 4 is 18.5 Å². The van der Waals surface area contributed by atoms with Gasteiger partial charge in [-0.15, -0.1) is 12.4 Å². The zero-order chi connectivity index (χ0) is 19.4. The molecule has 7 heteroatoms. The van der Waals surface area contributed by atoms with E-state index in [0.29, 0.717) is 30.5 Å². The van der Waals surface area contributed by atoms with Crippen molar-refractivity contribution in [2.75, 3.05) is 20.8 Å². The Morgan fingerprint density at radius 2 is 1.71 bits per heavy atom. The van der Waals surface area contributed by atoms with E-state index in [0.717, 1.165) is 11.1 Å². The van der Waals surface area contributed by atoms with E-state index in [-0.39, 0.29) is 23.9 Å². The van der Waals surface area contributed by atoms with Crippen LogP contribution in [0.5, 0.6) is 17.2 Å². The lowest BCUT2D eigenvalue weighted by molar-refractivity contribution is 0.0377. The minimum atomic E-state index is -0.442. The summed E-state index contributed by atoms with van der Waals surface area (Å²) in [6.45, 7) is 4.79. The average molecular weight is 408 g/mol. The summed E-state index contributed by atoms with van der Waals surface area (Å²) in [6.07, 6.45) is -0.442. The largest absolute Gasteiger partial charge is 0.493 e. The molecule has 0 unspecified atom stereocenters. The van der Waals surface area contributed by atoms with Crippen LogP contribution in [0.2, 0.25) is 0 Å². The lowest BCUT2D eigenvalue weighted by atomic mass is 9.80. The maximum atomic E-state index is 11.9. The van der Waals surface area contributed by atoms with Gasteiger partial charge in [0.2, 0.25) is 0 Å². The maximum Gasteiger partial charge on any atom is 0.407 e. The van der Waals surface area contributed by atoms with Gasteiger partial charge in [0, 0.05) is 17.0 Å². The number of amides is 1. The molecule has 0 saturated carbocycles. The summed E-state index contributed by atoms with van der Waals surface area (Å²) in [4.78, 5) is 11.9. The number of nitrogens with one attached hydrogen (secondary N) is 1. The van der Waals surface area contributed by atoms with Gasteiger partial charge in [0.25, 0.3) is 0 Å². The molecule has 6 nitrogen and oxygen atoms in total. The van der Waals surface area contributed by atoms with Crippen molar-refractivity contribution in [2.24, 2.45) is 5.41 Å². The summed E-state index contributed by atoms with van der Waals surface area (Å²) in [5, 5.41) is 2.91. The van der Waals surface area contributed by atoms with Crippen LogP contribution in [0.1, 0.15) is 31.0 Å². The molecule has 152 valence electrons. The van der Waals surface area contributed by atoms with Crippen LogP contribution in [0, 0.1) is 5.41 Å². The second-order valence-electron chi connectivity index (χ2n) is 7.16. The van der Waals surface area contributed by atoms with Crippen LogP contribution in [0.15, 0.2) is 42.5 Å². The molecule has 1 heterocycles. The van der Waals surface area contributed by atoms with Crippen LogP contribution in [0.4, 0.5) is 4.79 Å². The van der Waals surface area contributed by atoms with Gasteiger partial charge in [-0.1, -0.05) is 44.2 Å². The molecule has 1 amide bonds. The maximum absolute atomic E-state index is 11.9. The van der Waals surface area contributed by atoms with E-state index in [9.17, 15) is 4.79 Å². The number of carbonyl (C=O) groups is 1. The Labute approximate surface area is 171 Å². The molecule has 1 aliphatic heterocycles. The Balaban J connectivity index is 0.00000280. The predicted octanol–water partition coefficient (Wildman–Crippen LogP) is 4.51. The fourth-order valence-corrected chi connectivity index (χ4v) is 3.15. The molecule has 1 saturated heterocycles. The number of methoxy groups -OCH3 is 2. The minimum Gasteiger partial charge on any atom is -0.493 e. The van der Waals surface area contributed by atoms with Crippen LogP contribution in [0.25, 0.3) is 0 Å². The first-order valence-electron chi connectivity index (χ1n) is 8.80. The molecule has 0 aromatic heterocycles. The number of benzene rings is 2. The zero-order valence-corrected chi connectivity index (χ0v) is 17.3. The monoisotopic (exact) mass is 407 g/mol. The van der Waals surface area contributed by atoms with Crippen molar-refractivity contribution in [3.8, 4) is 17.2 Å². The van der Waals surface area contributed by atoms with Crippen LogP contribution in [0.3, 0.4) is 0 Å². The van der Waals surface area contributed by atoms with Gasteiger partial charge in [0.05, 0.1) is 20.3 Å². The van der Waals surface area contributed by atoms with Gasteiger partial charge in [0.1, 0.15) is 19.0 Å². The van der Waals surface area contributed by atoms with Crippen molar-refractivity contribution in [3.63, 3.8) is 0 Å². The van der Waals surface area contributed by atoms with Crippen LogP contribution >= 0.6 is 12.4 Å². The van der Waals surface area contributed by atoms with Crippen molar-refractivity contribution in [1.82, 2.24) is 5.32 Å². The van der Waals surface area contributed by atoms with Gasteiger partial charge in [-0.25, -0.2) is 4.79 Å². The van der Waals surface area contributed by atoms with E-state index >= 15 is 0 Å². The third kappa shape index (κ3) is 4.62. The van der Waals surface area contributed by atoms with Crippen LogP contribution in [-0.2, 0) is 11.3 Å². The van der Waals surface area contributed by atoms with Crippen molar-refractivity contribution in [1.29, 1.82) is 0 Å².